The molecule has 102 valence electrons. The summed E-state index contributed by atoms with van der Waals surface area (Å²) in [6, 6.07) is -0.271. The van der Waals surface area contributed by atoms with Gasteiger partial charge in [-0.25, -0.2) is 0 Å². The van der Waals surface area contributed by atoms with E-state index in [0.717, 1.165) is 6.42 Å². The van der Waals surface area contributed by atoms with Gasteiger partial charge in [0.2, 0.25) is 0 Å². The summed E-state index contributed by atoms with van der Waals surface area (Å²) in [5.74, 6) is 1.04. The monoisotopic (exact) mass is 243 g/mol. The first kappa shape index (κ1) is 14.9. The smallest absolute Gasteiger partial charge is 0.0949 e. The van der Waals surface area contributed by atoms with Gasteiger partial charge in [-0.1, -0.05) is 46.0 Å². The first-order chi connectivity index (χ1) is 8.00. The Morgan fingerprint density at radius 1 is 1.12 bits per heavy atom. The Labute approximate surface area is 105 Å². The zero-order chi connectivity index (χ0) is 12.8. The summed E-state index contributed by atoms with van der Waals surface area (Å²) in [6.45, 7) is 4.09. The van der Waals surface area contributed by atoms with Crippen molar-refractivity contribution in [2.24, 2.45) is 17.6 Å². The van der Waals surface area contributed by atoms with E-state index in [4.69, 9.17) is 5.73 Å². The minimum atomic E-state index is -0.765. The molecule has 0 bridgehead atoms. The maximum absolute atomic E-state index is 9.99. The average Bonchev–Trinajstić information content (AvgIpc) is 2.28. The Kier molecular flexibility index (Phi) is 6.45. The lowest BCUT2D eigenvalue weighted by Gasteiger charge is -2.29. The fourth-order valence-corrected chi connectivity index (χ4v) is 2.85. The molecule has 0 aromatic heterocycles. The quantitative estimate of drug-likeness (QED) is 0.669. The normalized spacial score (nSPS) is 23.6. The van der Waals surface area contributed by atoms with Gasteiger partial charge in [-0.2, -0.15) is 0 Å². The van der Waals surface area contributed by atoms with Gasteiger partial charge in [0.15, 0.2) is 0 Å². The minimum absolute atomic E-state index is 0.271. The number of aliphatic hydroxyl groups excluding tert-OH is 2. The van der Waals surface area contributed by atoms with Crippen molar-refractivity contribution in [3.05, 3.63) is 0 Å². The molecule has 1 rings (SSSR count). The lowest BCUT2D eigenvalue weighted by Crippen LogP contribution is -2.44. The molecule has 0 aromatic carbocycles. The van der Waals surface area contributed by atoms with E-state index in [9.17, 15) is 10.2 Å². The minimum Gasteiger partial charge on any atom is -0.390 e. The van der Waals surface area contributed by atoms with Gasteiger partial charge in [0, 0.05) is 6.04 Å². The summed E-state index contributed by atoms with van der Waals surface area (Å²) in [6.07, 6.45) is 6.44. The second-order valence-corrected chi connectivity index (χ2v) is 6.09. The summed E-state index contributed by atoms with van der Waals surface area (Å²) in [5, 5.41) is 19.8. The molecule has 0 amide bonds. The average molecular weight is 243 g/mol. The molecule has 0 aliphatic heterocycles. The SMILES string of the molecule is CC(C)C[C@H](O)C(O)C(N)CC1CCCCC1. The standard InChI is InChI=1S/C14H29NO2/c1-10(2)8-13(16)14(17)12(15)9-11-6-4-3-5-7-11/h10-14,16-17H,3-9,15H2,1-2H3/t12?,13-,14?/m0/s1. The number of aliphatic hydroxyl groups is 2. The summed E-state index contributed by atoms with van der Waals surface area (Å²) in [7, 11) is 0. The van der Waals surface area contributed by atoms with Crippen LogP contribution in [0.25, 0.3) is 0 Å². The third kappa shape index (κ3) is 5.36. The molecule has 1 saturated carbocycles. The van der Waals surface area contributed by atoms with Crippen molar-refractivity contribution in [1.29, 1.82) is 0 Å². The van der Waals surface area contributed by atoms with Crippen LogP contribution < -0.4 is 5.73 Å². The Bertz CT molecular complexity index is 202. The van der Waals surface area contributed by atoms with E-state index in [-0.39, 0.29) is 6.04 Å². The van der Waals surface area contributed by atoms with Crippen molar-refractivity contribution in [3.8, 4) is 0 Å². The molecule has 0 saturated heterocycles. The zero-order valence-electron chi connectivity index (χ0n) is 11.3. The van der Waals surface area contributed by atoms with Crippen molar-refractivity contribution >= 4 is 0 Å². The molecule has 1 fully saturated rings. The topological polar surface area (TPSA) is 66.5 Å². The largest absolute Gasteiger partial charge is 0.390 e. The molecular weight excluding hydrogens is 214 g/mol. The van der Waals surface area contributed by atoms with Crippen molar-refractivity contribution < 1.29 is 10.2 Å². The van der Waals surface area contributed by atoms with Crippen LogP contribution in [-0.2, 0) is 0 Å². The van der Waals surface area contributed by atoms with Crippen LogP contribution in [0.4, 0.5) is 0 Å². The van der Waals surface area contributed by atoms with Crippen molar-refractivity contribution in [3.63, 3.8) is 0 Å². The van der Waals surface area contributed by atoms with Gasteiger partial charge in [0.05, 0.1) is 12.2 Å². The lowest BCUT2D eigenvalue weighted by atomic mass is 9.83. The van der Waals surface area contributed by atoms with Crippen LogP contribution in [0.3, 0.4) is 0 Å². The first-order valence-corrected chi connectivity index (χ1v) is 7.12. The number of hydrogen-bond donors (Lipinski definition) is 3. The van der Waals surface area contributed by atoms with Gasteiger partial charge < -0.3 is 15.9 Å². The van der Waals surface area contributed by atoms with Crippen LogP contribution in [0.2, 0.25) is 0 Å². The highest BCUT2D eigenvalue weighted by Gasteiger charge is 2.26. The number of hydrogen-bond acceptors (Lipinski definition) is 3. The van der Waals surface area contributed by atoms with Crippen molar-refractivity contribution in [2.45, 2.75) is 77.0 Å². The van der Waals surface area contributed by atoms with Crippen molar-refractivity contribution in [2.75, 3.05) is 0 Å². The molecule has 2 unspecified atom stereocenters. The Hall–Kier alpha value is -0.120. The third-order valence-corrected chi connectivity index (χ3v) is 3.88. The highest BCUT2D eigenvalue weighted by molar-refractivity contribution is 4.82. The molecule has 0 spiro atoms. The summed E-state index contributed by atoms with van der Waals surface area (Å²) < 4.78 is 0. The predicted octanol–water partition coefficient (Wildman–Crippen LogP) is 2.05. The molecule has 0 radical (unpaired) electrons. The van der Waals surface area contributed by atoms with Gasteiger partial charge in [0.25, 0.3) is 0 Å². The molecule has 3 nitrogen and oxygen atoms in total. The molecule has 1 aliphatic carbocycles. The zero-order valence-corrected chi connectivity index (χ0v) is 11.3. The Morgan fingerprint density at radius 3 is 2.24 bits per heavy atom. The highest BCUT2D eigenvalue weighted by atomic mass is 16.3. The second kappa shape index (κ2) is 7.34. The number of nitrogens with two attached hydrogens (primary N) is 1. The van der Waals surface area contributed by atoms with Crippen LogP contribution in [0.1, 0.15) is 58.8 Å². The number of rotatable bonds is 6. The van der Waals surface area contributed by atoms with Gasteiger partial charge in [-0.15, -0.1) is 0 Å². The summed E-state index contributed by atoms with van der Waals surface area (Å²) >= 11 is 0. The van der Waals surface area contributed by atoms with Crippen LogP contribution >= 0.6 is 0 Å². The van der Waals surface area contributed by atoms with Crippen LogP contribution in [0, 0.1) is 11.8 Å². The van der Waals surface area contributed by atoms with Gasteiger partial charge in [0.1, 0.15) is 0 Å². The lowest BCUT2D eigenvalue weighted by molar-refractivity contribution is -0.0117. The maximum atomic E-state index is 9.99. The Balaban J connectivity index is 2.31. The summed E-state index contributed by atoms with van der Waals surface area (Å²) in [5.41, 5.74) is 6.01. The Morgan fingerprint density at radius 2 is 1.71 bits per heavy atom. The van der Waals surface area contributed by atoms with E-state index < -0.39 is 12.2 Å². The van der Waals surface area contributed by atoms with Crippen LogP contribution in [-0.4, -0.2) is 28.5 Å². The maximum Gasteiger partial charge on any atom is 0.0949 e. The van der Waals surface area contributed by atoms with Crippen molar-refractivity contribution in [1.82, 2.24) is 0 Å². The van der Waals surface area contributed by atoms with E-state index in [2.05, 4.69) is 0 Å². The van der Waals surface area contributed by atoms with E-state index in [1.54, 1.807) is 0 Å². The van der Waals surface area contributed by atoms with Crippen LogP contribution in [0.5, 0.6) is 0 Å². The molecule has 3 heteroatoms. The first-order valence-electron chi connectivity index (χ1n) is 7.12. The van der Waals surface area contributed by atoms with E-state index in [1.165, 1.54) is 32.1 Å². The third-order valence-electron chi connectivity index (χ3n) is 3.88. The molecular formula is C14H29NO2. The second-order valence-electron chi connectivity index (χ2n) is 6.09. The fourth-order valence-electron chi connectivity index (χ4n) is 2.85. The molecule has 0 aromatic rings. The van der Waals surface area contributed by atoms with E-state index in [0.29, 0.717) is 18.3 Å². The predicted molar refractivity (Wildman–Crippen MR) is 70.6 cm³/mol. The molecule has 17 heavy (non-hydrogen) atoms. The van der Waals surface area contributed by atoms with E-state index in [1.807, 2.05) is 13.8 Å². The van der Waals surface area contributed by atoms with Gasteiger partial charge >= 0.3 is 0 Å². The highest BCUT2D eigenvalue weighted by Crippen LogP contribution is 2.28. The van der Waals surface area contributed by atoms with Crippen LogP contribution in [0.15, 0.2) is 0 Å². The molecule has 4 N–H and O–H groups in total. The molecule has 0 heterocycles. The van der Waals surface area contributed by atoms with E-state index >= 15 is 0 Å². The van der Waals surface area contributed by atoms with Gasteiger partial charge in [-0.05, 0) is 24.7 Å². The molecule has 1 aliphatic rings. The summed E-state index contributed by atoms with van der Waals surface area (Å²) in [4.78, 5) is 0. The fraction of sp³-hybridized carbons (Fsp3) is 1.00. The molecule has 3 atom stereocenters. The van der Waals surface area contributed by atoms with Gasteiger partial charge in [-0.3, -0.25) is 0 Å².